The first-order chi connectivity index (χ1) is 12.0. The summed E-state index contributed by atoms with van der Waals surface area (Å²) in [5.41, 5.74) is 2.03. The van der Waals surface area contributed by atoms with Crippen molar-refractivity contribution in [2.24, 2.45) is 0 Å². The predicted octanol–water partition coefficient (Wildman–Crippen LogP) is 2.83. The SMILES string of the molecule is CCOc1ccc([C@@H]2NC(=S)NC(C)=C2C(=O)OCCOC)cc1Br. The topological polar surface area (TPSA) is 68.8 Å². The summed E-state index contributed by atoms with van der Waals surface area (Å²) in [5, 5.41) is 6.57. The smallest absolute Gasteiger partial charge is 0.338 e. The van der Waals surface area contributed by atoms with Gasteiger partial charge < -0.3 is 24.8 Å². The highest BCUT2D eigenvalue weighted by molar-refractivity contribution is 9.10. The second-order valence-corrected chi connectivity index (χ2v) is 6.58. The third-order valence-electron chi connectivity index (χ3n) is 3.60. The molecule has 0 spiro atoms. The van der Waals surface area contributed by atoms with Gasteiger partial charge in [-0.05, 0) is 59.7 Å². The molecule has 8 heteroatoms. The normalized spacial score (nSPS) is 17.0. The maximum atomic E-state index is 12.5. The van der Waals surface area contributed by atoms with Gasteiger partial charge in [-0.25, -0.2) is 4.79 Å². The van der Waals surface area contributed by atoms with Crippen molar-refractivity contribution in [1.82, 2.24) is 10.6 Å². The number of thiocarbonyl (C=S) groups is 1. The molecule has 0 aromatic heterocycles. The van der Waals surface area contributed by atoms with Crippen molar-refractivity contribution in [3.63, 3.8) is 0 Å². The van der Waals surface area contributed by atoms with E-state index >= 15 is 0 Å². The number of hydrogen-bond donors (Lipinski definition) is 2. The molecule has 1 aromatic carbocycles. The zero-order valence-electron chi connectivity index (χ0n) is 14.3. The molecular formula is C17H21BrN2O4S. The number of benzene rings is 1. The summed E-state index contributed by atoms with van der Waals surface area (Å²) in [6.45, 7) is 4.83. The molecule has 0 amide bonds. The van der Waals surface area contributed by atoms with E-state index in [1.54, 1.807) is 14.0 Å². The van der Waals surface area contributed by atoms with Gasteiger partial charge in [0.05, 0.1) is 29.3 Å². The molecule has 1 aliphatic rings. The minimum absolute atomic E-state index is 0.191. The van der Waals surface area contributed by atoms with Crippen molar-refractivity contribution < 1.29 is 19.0 Å². The first kappa shape index (κ1) is 19.7. The summed E-state index contributed by atoms with van der Waals surface area (Å²) in [6, 6.07) is 5.26. The van der Waals surface area contributed by atoms with Crippen molar-refractivity contribution in [2.45, 2.75) is 19.9 Å². The van der Waals surface area contributed by atoms with Crippen LogP contribution in [0.2, 0.25) is 0 Å². The highest BCUT2D eigenvalue weighted by Gasteiger charge is 2.31. The lowest BCUT2D eigenvalue weighted by Gasteiger charge is -2.30. The first-order valence-corrected chi connectivity index (χ1v) is 9.04. The monoisotopic (exact) mass is 428 g/mol. The van der Waals surface area contributed by atoms with Crippen LogP contribution in [0.15, 0.2) is 33.9 Å². The highest BCUT2D eigenvalue weighted by Crippen LogP contribution is 2.33. The molecule has 2 N–H and O–H groups in total. The van der Waals surface area contributed by atoms with Crippen molar-refractivity contribution >= 4 is 39.2 Å². The third kappa shape index (κ3) is 4.93. The number of allylic oxidation sites excluding steroid dienone is 1. The van der Waals surface area contributed by atoms with Crippen LogP contribution >= 0.6 is 28.1 Å². The number of methoxy groups -OCH3 is 1. The number of carbonyl (C=O) groups excluding carboxylic acids is 1. The van der Waals surface area contributed by atoms with Crippen LogP contribution in [0.3, 0.4) is 0 Å². The fraction of sp³-hybridized carbons (Fsp3) is 0.412. The number of esters is 1. The van der Waals surface area contributed by atoms with Gasteiger partial charge in [-0.15, -0.1) is 0 Å². The van der Waals surface area contributed by atoms with E-state index in [-0.39, 0.29) is 6.61 Å². The fourth-order valence-corrected chi connectivity index (χ4v) is 3.26. The fourth-order valence-electron chi connectivity index (χ4n) is 2.48. The van der Waals surface area contributed by atoms with Crippen LogP contribution in [0, 0.1) is 0 Å². The Labute approximate surface area is 161 Å². The molecule has 0 bridgehead atoms. The average Bonchev–Trinajstić information content (AvgIpc) is 2.56. The van der Waals surface area contributed by atoms with Gasteiger partial charge in [-0.2, -0.15) is 0 Å². The van der Waals surface area contributed by atoms with Crippen LogP contribution in [-0.4, -0.2) is 38.0 Å². The van der Waals surface area contributed by atoms with E-state index in [2.05, 4.69) is 26.6 Å². The second-order valence-electron chi connectivity index (χ2n) is 5.32. The number of nitrogens with one attached hydrogen (secondary N) is 2. The Kier molecular flexibility index (Phi) is 7.22. The molecule has 1 aliphatic heterocycles. The number of halogens is 1. The zero-order valence-corrected chi connectivity index (χ0v) is 16.8. The second kappa shape index (κ2) is 9.17. The molecule has 0 saturated carbocycles. The van der Waals surface area contributed by atoms with Crippen molar-refractivity contribution in [1.29, 1.82) is 0 Å². The van der Waals surface area contributed by atoms with Crippen LogP contribution in [0.25, 0.3) is 0 Å². The molecule has 0 fully saturated rings. The van der Waals surface area contributed by atoms with E-state index in [0.717, 1.165) is 15.8 Å². The zero-order chi connectivity index (χ0) is 18.4. The number of carbonyl (C=O) groups is 1. The Balaban J connectivity index is 2.32. The van der Waals surface area contributed by atoms with Gasteiger partial charge in [-0.3, -0.25) is 0 Å². The summed E-state index contributed by atoms with van der Waals surface area (Å²) in [7, 11) is 1.56. The lowest BCUT2D eigenvalue weighted by Crippen LogP contribution is -2.45. The van der Waals surface area contributed by atoms with Crippen LogP contribution in [0.1, 0.15) is 25.5 Å². The van der Waals surface area contributed by atoms with Gasteiger partial charge in [0, 0.05) is 12.8 Å². The largest absolute Gasteiger partial charge is 0.493 e. The van der Waals surface area contributed by atoms with Gasteiger partial charge in [-0.1, -0.05) is 6.07 Å². The molecule has 136 valence electrons. The summed E-state index contributed by atoms with van der Waals surface area (Å²) < 4.78 is 16.6. The van der Waals surface area contributed by atoms with E-state index in [1.807, 2.05) is 25.1 Å². The molecule has 1 aromatic rings. The maximum Gasteiger partial charge on any atom is 0.338 e. The average molecular weight is 429 g/mol. The highest BCUT2D eigenvalue weighted by atomic mass is 79.9. The molecule has 1 heterocycles. The van der Waals surface area contributed by atoms with Crippen LogP contribution < -0.4 is 15.4 Å². The number of rotatable bonds is 7. The lowest BCUT2D eigenvalue weighted by atomic mass is 9.95. The van der Waals surface area contributed by atoms with Gasteiger partial charge in [0.1, 0.15) is 12.4 Å². The molecule has 0 radical (unpaired) electrons. The summed E-state index contributed by atoms with van der Waals surface area (Å²) in [6.07, 6.45) is 0. The Morgan fingerprint density at radius 1 is 1.36 bits per heavy atom. The molecule has 2 rings (SSSR count). The van der Waals surface area contributed by atoms with E-state index in [0.29, 0.717) is 29.6 Å². The van der Waals surface area contributed by atoms with E-state index in [4.69, 9.17) is 26.4 Å². The minimum atomic E-state index is -0.410. The van der Waals surface area contributed by atoms with Gasteiger partial charge in [0.15, 0.2) is 5.11 Å². The van der Waals surface area contributed by atoms with Crippen molar-refractivity contribution in [3.05, 3.63) is 39.5 Å². The lowest BCUT2D eigenvalue weighted by molar-refractivity contribution is -0.140. The van der Waals surface area contributed by atoms with Crippen molar-refractivity contribution in [2.75, 3.05) is 26.9 Å². The number of hydrogen-bond acceptors (Lipinski definition) is 5. The predicted molar refractivity (Wildman–Crippen MR) is 102 cm³/mol. The van der Waals surface area contributed by atoms with Crippen molar-refractivity contribution in [3.8, 4) is 5.75 Å². The van der Waals surface area contributed by atoms with E-state index in [1.165, 1.54) is 0 Å². The Bertz CT molecular complexity index is 693. The molecule has 1 atom stereocenters. The molecule has 0 saturated heterocycles. The minimum Gasteiger partial charge on any atom is -0.493 e. The van der Waals surface area contributed by atoms with Crippen LogP contribution in [0.4, 0.5) is 0 Å². The molecule has 25 heavy (non-hydrogen) atoms. The van der Waals surface area contributed by atoms with E-state index in [9.17, 15) is 4.79 Å². The third-order valence-corrected chi connectivity index (χ3v) is 4.44. The standard InChI is InChI=1S/C17H21BrN2O4S/c1-4-23-13-6-5-11(9-12(13)18)15-14(10(2)19-17(25)20-15)16(21)24-8-7-22-3/h5-6,9,15H,4,7-8H2,1-3H3,(H2,19,20,25)/t15-/m0/s1. The molecule has 0 unspecified atom stereocenters. The molecule has 6 nitrogen and oxygen atoms in total. The van der Waals surface area contributed by atoms with Crippen LogP contribution in [-0.2, 0) is 14.3 Å². The number of ether oxygens (including phenoxy) is 3. The van der Waals surface area contributed by atoms with Gasteiger partial charge in [0.2, 0.25) is 0 Å². The van der Waals surface area contributed by atoms with E-state index < -0.39 is 12.0 Å². The Morgan fingerprint density at radius 2 is 2.12 bits per heavy atom. The van der Waals surface area contributed by atoms with Gasteiger partial charge in [0.25, 0.3) is 0 Å². The summed E-state index contributed by atoms with van der Waals surface area (Å²) in [5.74, 6) is 0.333. The summed E-state index contributed by atoms with van der Waals surface area (Å²) in [4.78, 5) is 12.5. The van der Waals surface area contributed by atoms with Crippen LogP contribution in [0.5, 0.6) is 5.75 Å². The maximum absolute atomic E-state index is 12.5. The molecular weight excluding hydrogens is 408 g/mol. The van der Waals surface area contributed by atoms with Gasteiger partial charge >= 0.3 is 5.97 Å². The summed E-state index contributed by atoms with van der Waals surface area (Å²) >= 11 is 8.74. The Morgan fingerprint density at radius 3 is 2.76 bits per heavy atom. The first-order valence-electron chi connectivity index (χ1n) is 7.84. The molecule has 0 aliphatic carbocycles. The quantitative estimate of drug-likeness (QED) is 0.393. The Hall–Kier alpha value is -1.64.